The van der Waals surface area contributed by atoms with E-state index in [-0.39, 0.29) is 17.2 Å². The largest absolute Gasteiger partial charge is 0.449 e. The van der Waals surface area contributed by atoms with Gasteiger partial charge in [-0.25, -0.2) is 9.59 Å². The SMILES string of the molecule is CNC(=O)NC(=O)[C@@H](C)OC(=O)c1ccccc1SCC(=O)N(C)C. The first-order chi connectivity index (χ1) is 11.8. The number of rotatable bonds is 6. The molecule has 1 atom stereocenters. The second-order valence-electron chi connectivity index (χ2n) is 5.19. The number of thioether (sulfide) groups is 1. The van der Waals surface area contributed by atoms with E-state index in [4.69, 9.17) is 4.74 Å². The summed E-state index contributed by atoms with van der Waals surface area (Å²) in [5, 5.41) is 4.26. The molecule has 0 aliphatic heterocycles. The Hall–Kier alpha value is -2.55. The van der Waals surface area contributed by atoms with Crippen molar-refractivity contribution in [1.29, 1.82) is 0 Å². The van der Waals surface area contributed by atoms with Gasteiger partial charge >= 0.3 is 12.0 Å². The molecule has 1 aromatic carbocycles. The van der Waals surface area contributed by atoms with Gasteiger partial charge in [-0.2, -0.15) is 0 Å². The number of urea groups is 1. The molecule has 2 N–H and O–H groups in total. The molecular weight excluding hydrogens is 346 g/mol. The van der Waals surface area contributed by atoms with Crippen molar-refractivity contribution in [2.75, 3.05) is 26.9 Å². The fourth-order valence-corrected chi connectivity index (χ4v) is 2.60. The van der Waals surface area contributed by atoms with Gasteiger partial charge in [-0.05, 0) is 19.1 Å². The molecule has 0 spiro atoms. The standard InChI is InChI=1S/C16H21N3O5S/c1-10(14(21)18-16(23)17-2)24-15(22)11-7-5-6-8-12(11)25-9-13(20)19(3)4/h5-8,10H,9H2,1-4H3,(H2,17,18,21,23)/t10-/m1/s1. The summed E-state index contributed by atoms with van der Waals surface area (Å²) in [6.07, 6.45) is -1.15. The molecule has 136 valence electrons. The van der Waals surface area contributed by atoms with Crippen LogP contribution in [0, 0.1) is 0 Å². The summed E-state index contributed by atoms with van der Waals surface area (Å²) >= 11 is 1.20. The van der Waals surface area contributed by atoms with Crippen LogP contribution in [0.5, 0.6) is 0 Å². The van der Waals surface area contributed by atoms with Crippen LogP contribution in [0.2, 0.25) is 0 Å². The summed E-state index contributed by atoms with van der Waals surface area (Å²) in [6.45, 7) is 1.36. The summed E-state index contributed by atoms with van der Waals surface area (Å²) in [4.78, 5) is 48.9. The van der Waals surface area contributed by atoms with Crippen LogP contribution in [0.1, 0.15) is 17.3 Å². The van der Waals surface area contributed by atoms with Gasteiger partial charge in [0.15, 0.2) is 6.10 Å². The average molecular weight is 367 g/mol. The molecule has 8 nitrogen and oxygen atoms in total. The zero-order chi connectivity index (χ0) is 19.0. The molecule has 0 radical (unpaired) electrons. The molecule has 0 aliphatic rings. The highest BCUT2D eigenvalue weighted by molar-refractivity contribution is 8.00. The lowest BCUT2D eigenvalue weighted by Gasteiger charge is -2.15. The first kappa shape index (κ1) is 20.5. The fraction of sp³-hybridized carbons (Fsp3) is 0.375. The number of nitrogens with one attached hydrogen (secondary N) is 2. The van der Waals surface area contributed by atoms with E-state index in [1.807, 2.05) is 5.32 Å². The fourth-order valence-electron chi connectivity index (χ4n) is 1.58. The predicted molar refractivity (Wildman–Crippen MR) is 93.3 cm³/mol. The molecule has 1 rings (SSSR count). The van der Waals surface area contributed by atoms with E-state index in [0.29, 0.717) is 4.90 Å². The van der Waals surface area contributed by atoms with E-state index in [0.717, 1.165) is 0 Å². The second kappa shape index (κ2) is 9.67. The Balaban J connectivity index is 2.76. The molecule has 0 bridgehead atoms. The number of hydrogen-bond donors (Lipinski definition) is 2. The summed E-state index contributed by atoms with van der Waals surface area (Å²) in [7, 11) is 4.66. The number of imide groups is 1. The van der Waals surface area contributed by atoms with Crippen LogP contribution >= 0.6 is 11.8 Å². The van der Waals surface area contributed by atoms with Crippen LogP contribution in [0.3, 0.4) is 0 Å². The molecule has 0 fully saturated rings. The zero-order valence-electron chi connectivity index (χ0n) is 14.5. The lowest BCUT2D eigenvalue weighted by Crippen LogP contribution is -2.43. The molecule has 9 heteroatoms. The maximum absolute atomic E-state index is 12.3. The van der Waals surface area contributed by atoms with E-state index in [1.165, 1.54) is 30.6 Å². The third kappa shape index (κ3) is 6.46. The van der Waals surface area contributed by atoms with Crippen LogP contribution in [0.25, 0.3) is 0 Å². The first-order valence-corrected chi connectivity index (χ1v) is 8.40. The van der Waals surface area contributed by atoms with E-state index >= 15 is 0 Å². The van der Waals surface area contributed by atoms with Crippen molar-refractivity contribution in [3.05, 3.63) is 29.8 Å². The number of nitrogens with zero attached hydrogens (tertiary/aromatic N) is 1. The van der Waals surface area contributed by atoms with E-state index < -0.39 is 24.0 Å². The van der Waals surface area contributed by atoms with Gasteiger partial charge in [0.25, 0.3) is 5.91 Å². The molecule has 4 amide bonds. The van der Waals surface area contributed by atoms with Gasteiger partial charge in [0.05, 0.1) is 11.3 Å². The Labute approximate surface area is 150 Å². The highest BCUT2D eigenvalue weighted by atomic mass is 32.2. The Morgan fingerprint density at radius 1 is 1.20 bits per heavy atom. The van der Waals surface area contributed by atoms with E-state index in [1.54, 1.807) is 38.4 Å². The topological polar surface area (TPSA) is 105 Å². The highest BCUT2D eigenvalue weighted by Gasteiger charge is 2.22. The maximum Gasteiger partial charge on any atom is 0.340 e. The lowest BCUT2D eigenvalue weighted by atomic mass is 10.2. The van der Waals surface area contributed by atoms with E-state index in [2.05, 4.69) is 5.32 Å². The molecule has 0 aliphatic carbocycles. The van der Waals surface area contributed by atoms with Crippen LogP contribution in [0.4, 0.5) is 4.79 Å². The minimum atomic E-state index is -1.15. The number of carbonyl (C=O) groups is 4. The number of ether oxygens (including phenoxy) is 1. The summed E-state index contributed by atoms with van der Waals surface area (Å²) in [5.74, 6) is -1.36. The Morgan fingerprint density at radius 2 is 1.84 bits per heavy atom. The maximum atomic E-state index is 12.3. The quantitative estimate of drug-likeness (QED) is 0.571. The molecule has 0 saturated heterocycles. The van der Waals surface area contributed by atoms with E-state index in [9.17, 15) is 19.2 Å². The number of esters is 1. The molecule has 0 aromatic heterocycles. The smallest absolute Gasteiger partial charge is 0.340 e. The zero-order valence-corrected chi connectivity index (χ0v) is 15.3. The first-order valence-electron chi connectivity index (χ1n) is 7.41. The number of benzene rings is 1. The Morgan fingerprint density at radius 3 is 2.44 bits per heavy atom. The van der Waals surface area contributed by atoms with Gasteiger partial charge in [-0.3, -0.25) is 14.9 Å². The number of hydrogen-bond acceptors (Lipinski definition) is 6. The Bertz CT molecular complexity index is 663. The highest BCUT2D eigenvalue weighted by Crippen LogP contribution is 2.24. The van der Waals surface area contributed by atoms with Crippen LogP contribution in [0.15, 0.2) is 29.2 Å². The van der Waals surface area contributed by atoms with Crippen LogP contribution in [-0.4, -0.2) is 61.7 Å². The molecule has 1 aromatic rings. The molecule has 0 saturated carbocycles. The number of carbonyl (C=O) groups excluding carboxylic acids is 4. The van der Waals surface area contributed by atoms with Crippen LogP contribution in [-0.2, 0) is 14.3 Å². The van der Waals surface area contributed by atoms with Gasteiger partial charge in [0, 0.05) is 26.0 Å². The van der Waals surface area contributed by atoms with Crippen molar-refractivity contribution in [2.45, 2.75) is 17.9 Å². The summed E-state index contributed by atoms with van der Waals surface area (Å²) in [5.41, 5.74) is 0.249. The minimum absolute atomic E-state index is 0.0912. The van der Waals surface area contributed by atoms with Gasteiger partial charge in [-0.1, -0.05) is 12.1 Å². The summed E-state index contributed by atoms with van der Waals surface area (Å²) in [6, 6.07) is 5.95. The van der Waals surface area contributed by atoms with Gasteiger partial charge in [0.2, 0.25) is 5.91 Å². The van der Waals surface area contributed by atoms with Gasteiger partial charge < -0.3 is 15.0 Å². The molecule has 0 heterocycles. The average Bonchev–Trinajstić information content (AvgIpc) is 2.59. The Kier molecular flexibility index (Phi) is 7.93. The molecule has 0 unspecified atom stereocenters. The van der Waals surface area contributed by atoms with Crippen molar-refractivity contribution in [3.63, 3.8) is 0 Å². The minimum Gasteiger partial charge on any atom is -0.449 e. The molecular formula is C16H21N3O5S. The molecule has 25 heavy (non-hydrogen) atoms. The third-order valence-corrected chi connectivity index (χ3v) is 4.13. The van der Waals surface area contributed by atoms with Gasteiger partial charge in [-0.15, -0.1) is 11.8 Å². The van der Waals surface area contributed by atoms with Crippen molar-refractivity contribution in [1.82, 2.24) is 15.5 Å². The lowest BCUT2D eigenvalue weighted by molar-refractivity contribution is -0.128. The van der Waals surface area contributed by atoms with Crippen molar-refractivity contribution in [2.24, 2.45) is 0 Å². The van der Waals surface area contributed by atoms with Crippen molar-refractivity contribution < 1.29 is 23.9 Å². The van der Waals surface area contributed by atoms with Gasteiger partial charge in [0.1, 0.15) is 0 Å². The predicted octanol–water partition coefficient (Wildman–Crippen LogP) is 0.868. The van der Waals surface area contributed by atoms with Crippen molar-refractivity contribution >= 4 is 35.6 Å². The van der Waals surface area contributed by atoms with Crippen molar-refractivity contribution in [3.8, 4) is 0 Å². The number of amides is 4. The second-order valence-corrected chi connectivity index (χ2v) is 6.21. The summed E-state index contributed by atoms with van der Waals surface area (Å²) < 4.78 is 5.10. The third-order valence-electron chi connectivity index (χ3n) is 3.07. The monoisotopic (exact) mass is 367 g/mol. The van der Waals surface area contributed by atoms with Crippen LogP contribution < -0.4 is 10.6 Å². The normalized spacial score (nSPS) is 11.2.